The Balaban J connectivity index is 2.22. The number of nitrogens with one attached hydrogen (secondary N) is 1. The Morgan fingerprint density at radius 1 is 1.03 bits per heavy atom. The van der Waals surface area contributed by atoms with Crippen molar-refractivity contribution in [3.8, 4) is 5.75 Å². The van der Waals surface area contributed by atoms with Gasteiger partial charge in [-0.3, -0.25) is 9.59 Å². The van der Waals surface area contributed by atoms with Crippen LogP contribution in [0.15, 0.2) is 42.5 Å². The number of benzene rings is 2. The third-order valence-electron chi connectivity index (χ3n) is 5.09. The summed E-state index contributed by atoms with van der Waals surface area (Å²) in [4.78, 5) is 27.6. The lowest BCUT2D eigenvalue weighted by Crippen LogP contribution is -2.51. The zero-order valence-corrected chi connectivity index (χ0v) is 19.0. The van der Waals surface area contributed by atoms with Crippen LogP contribution in [0, 0.1) is 20.8 Å². The summed E-state index contributed by atoms with van der Waals surface area (Å²) in [5.41, 5.74) is 4.39. The first-order valence-electron chi connectivity index (χ1n) is 10.6. The van der Waals surface area contributed by atoms with Gasteiger partial charge in [0.1, 0.15) is 11.8 Å². The summed E-state index contributed by atoms with van der Waals surface area (Å²) in [6.45, 7) is 12.1. The number of carbonyl (C=O) groups is 2. The van der Waals surface area contributed by atoms with E-state index in [-0.39, 0.29) is 24.5 Å². The standard InChI is InChI=1S/C25H34N2O3/c1-7-23(25(29)26-17(2)3)27(15-21-10-8-9-18(4)13-21)24(28)16-30-22-12-11-19(5)20(6)14-22/h8-14,17,23H,7,15-16H2,1-6H3,(H,26,29). The van der Waals surface area contributed by atoms with Crippen LogP contribution in [0.3, 0.4) is 0 Å². The zero-order chi connectivity index (χ0) is 22.3. The molecule has 0 aromatic heterocycles. The van der Waals surface area contributed by atoms with Gasteiger partial charge in [-0.1, -0.05) is 42.8 Å². The SMILES string of the molecule is CCC(C(=O)NC(C)C)N(Cc1cccc(C)c1)C(=O)COc1ccc(C)c(C)c1. The van der Waals surface area contributed by atoms with E-state index in [2.05, 4.69) is 5.32 Å². The first-order chi connectivity index (χ1) is 14.2. The lowest BCUT2D eigenvalue weighted by atomic mass is 10.1. The van der Waals surface area contributed by atoms with Crippen molar-refractivity contribution in [2.45, 2.75) is 66.6 Å². The Kier molecular flexibility index (Phi) is 8.46. The average molecular weight is 411 g/mol. The van der Waals surface area contributed by atoms with E-state index in [1.54, 1.807) is 4.90 Å². The fraction of sp³-hybridized carbons (Fsp3) is 0.440. The molecule has 162 valence electrons. The largest absolute Gasteiger partial charge is 0.484 e. The molecule has 0 saturated carbocycles. The van der Waals surface area contributed by atoms with Crippen molar-refractivity contribution in [2.24, 2.45) is 0 Å². The van der Waals surface area contributed by atoms with Gasteiger partial charge >= 0.3 is 0 Å². The molecule has 0 radical (unpaired) electrons. The maximum atomic E-state index is 13.2. The van der Waals surface area contributed by atoms with E-state index in [9.17, 15) is 9.59 Å². The summed E-state index contributed by atoms with van der Waals surface area (Å²) in [6, 6.07) is 13.2. The molecule has 5 heteroatoms. The number of hydrogen-bond acceptors (Lipinski definition) is 3. The summed E-state index contributed by atoms with van der Waals surface area (Å²) in [5.74, 6) is 0.307. The van der Waals surface area contributed by atoms with Crippen molar-refractivity contribution in [1.82, 2.24) is 10.2 Å². The highest BCUT2D eigenvalue weighted by Gasteiger charge is 2.29. The maximum absolute atomic E-state index is 13.2. The topological polar surface area (TPSA) is 58.6 Å². The number of ether oxygens (including phenoxy) is 1. The molecule has 0 aliphatic rings. The summed E-state index contributed by atoms with van der Waals surface area (Å²) < 4.78 is 5.78. The van der Waals surface area contributed by atoms with E-state index >= 15 is 0 Å². The van der Waals surface area contributed by atoms with Crippen LogP contribution in [0.5, 0.6) is 5.75 Å². The Labute approximate surface area is 180 Å². The van der Waals surface area contributed by atoms with E-state index in [0.717, 1.165) is 16.7 Å². The molecule has 0 aliphatic heterocycles. The van der Waals surface area contributed by atoms with Crippen molar-refractivity contribution < 1.29 is 14.3 Å². The quantitative estimate of drug-likeness (QED) is 0.670. The van der Waals surface area contributed by atoms with E-state index in [1.165, 1.54) is 5.56 Å². The molecule has 1 N–H and O–H groups in total. The van der Waals surface area contributed by atoms with E-state index in [1.807, 2.05) is 84.0 Å². The number of nitrogens with zero attached hydrogens (tertiary/aromatic N) is 1. The van der Waals surface area contributed by atoms with Crippen LogP contribution in [0.1, 0.15) is 49.4 Å². The number of carbonyl (C=O) groups excluding carboxylic acids is 2. The van der Waals surface area contributed by atoms with Gasteiger partial charge in [0.05, 0.1) is 0 Å². The number of aryl methyl sites for hydroxylation is 3. The molecule has 5 nitrogen and oxygen atoms in total. The van der Waals surface area contributed by atoms with Crippen LogP contribution in [0.4, 0.5) is 0 Å². The van der Waals surface area contributed by atoms with Gasteiger partial charge in [0.15, 0.2) is 6.61 Å². The molecular formula is C25H34N2O3. The second-order valence-corrected chi connectivity index (χ2v) is 8.13. The lowest BCUT2D eigenvalue weighted by Gasteiger charge is -2.31. The van der Waals surface area contributed by atoms with E-state index in [0.29, 0.717) is 18.7 Å². The van der Waals surface area contributed by atoms with Gasteiger partial charge in [-0.2, -0.15) is 0 Å². The van der Waals surface area contributed by atoms with Crippen LogP contribution in [0.2, 0.25) is 0 Å². The van der Waals surface area contributed by atoms with Crippen molar-refractivity contribution in [1.29, 1.82) is 0 Å². The first-order valence-corrected chi connectivity index (χ1v) is 10.6. The molecule has 2 aromatic rings. The van der Waals surface area contributed by atoms with Crippen molar-refractivity contribution in [3.63, 3.8) is 0 Å². The monoisotopic (exact) mass is 410 g/mol. The van der Waals surface area contributed by atoms with Crippen molar-refractivity contribution in [2.75, 3.05) is 6.61 Å². The Bertz CT molecular complexity index is 876. The predicted molar refractivity (Wildman–Crippen MR) is 120 cm³/mol. The Morgan fingerprint density at radius 3 is 2.37 bits per heavy atom. The second kappa shape index (κ2) is 10.8. The third kappa shape index (κ3) is 6.61. The van der Waals surface area contributed by atoms with Crippen LogP contribution in [-0.2, 0) is 16.1 Å². The summed E-state index contributed by atoms with van der Waals surface area (Å²) >= 11 is 0. The Hall–Kier alpha value is -2.82. The molecule has 0 aliphatic carbocycles. The summed E-state index contributed by atoms with van der Waals surface area (Å²) in [5, 5.41) is 2.94. The van der Waals surface area contributed by atoms with Gasteiger partial charge in [0.2, 0.25) is 5.91 Å². The van der Waals surface area contributed by atoms with Crippen molar-refractivity contribution in [3.05, 3.63) is 64.7 Å². The molecule has 0 bridgehead atoms. The minimum atomic E-state index is -0.552. The number of hydrogen-bond donors (Lipinski definition) is 1. The van der Waals surface area contributed by atoms with Gasteiger partial charge < -0.3 is 15.0 Å². The Morgan fingerprint density at radius 2 is 1.77 bits per heavy atom. The summed E-state index contributed by atoms with van der Waals surface area (Å²) in [6.07, 6.45) is 0.528. The highest BCUT2D eigenvalue weighted by molar-refractivity contribution is 5.88. The molecule has 2 rings (SSSR count). The van der Waals surface area contributed by atoms with Crippen LogP contribution >= 0.6 is 0 Å². The molecule has 0 spiro atoms. The number of amides is 2. The molecular weight excluding hydrogens is 376 g/mol. The summed E-state index contributed by atoms with van der Waals surface area (Å²) in [7, 11) is 0. The second-order valence-electron chi connectivity index (χ2n) is 8.13. The smallest absolute Gasteiger partial charge is 0.261 e. The molecule has 0 saturated heterocycles. The lowest BCUT2D eigenvalue weighted by molar-refractivity contribution is -0.143. The first kappa shape index (κ1) is 23.5. The third-order valence-corrected chi connectivity index (χ3v) is 5.09. The highest BCUT2D eigenvalue weighted by Crippen LogP contribution is 2.18. The van der Waals surface area contributed by atoms with Crippen LogP contribution < -0.4 is 10.1 Å². The fourth-order valence-electron chi connectivity index (χ4n) is 3.34. The average Bonchev–Trinajstić information content (AvgIpc) is 2.68. The predicted octanol–water partition coefficient (Wildman–Crippen LogP) is 4.32. The van der Waals surface area contributed by atoms with Gasteiger partial charge in [0, 0.05) is 12.6 Å². The van der Waals surface area contributed by atoms with E-state index in [4.69, 9.17) is 4.74 Å². The molecule has 2 aromatic carbocycles. The molecule has 0 heterocycles. The van der Waals surface area contributed by atoms with Crippen LogP contribution in [-0.4, -0.2) is 35.4 Å². The van der Waals surface area contributed by atoms with Gasteiger partial charge in [0.25, 0.3) is 5.91 Å². The van der Waals surface area contributed by atoms with E-state index < -0.39 is 6.04 Å². The van der Waals surface area contributed by atoms with Gasteiger partial charge in [-0.05, 0) is 69.9 Å². The minimum absolute atomic E-state index is 0.00857. The van der Waals surface area contributed by atoms with Gasteiger partial charge in [-0.15, -0.1) is 0 Å². The molecule has 2 amide bonds. The number of rotatable bonds is 9. The highest BCUT2D eigenvalue weighted by atomic mass is 16.5. The van der Waals surface area contributed by atoms with Crippen LogP contribution in [0.25, 0.3) is 0 Å². The molecule has 30 heavy (non-hydrogen) atoms. The zero-order valence-electron chi connectivity index (χ0n) is 19.0. The molecule has 0 fully saturated rings. The van der Waals surface area contributed by atoms with Gasteiger partial charge in [-0.25, -0.2) is 0 Å². The minimum Gasteiger partial charge on any atom is -0.484 e. The normalized spacial score (nSPS) is 11.8. The molecule has 1 atom stereocenters. The maximum Gasteiger partial charge on any atom is 0.261 e. The molecule has 1 unspecified atom stereocenters. The van der Waals surface area contributed by atoms with Crippen molar-refractivity contribution >= 4 is 11.8 Å². The fourth-order valence-corrected chi connectivity index (χ4v) is 3.34.